The van der Waals surface area contributed by atoms with E-state index in [4.69, 9.17) is 16.2 Å². The monoisotopic (exact) mass is 280 g/mol. The SMILES string of the molecule is CC#CC1(N)C(n2ccc(N)nc2=O)OC(CO)[C@@H]1O. The van der Waals surface area contributed by atoms with Gasteiger partial charge in [-0.2, -0.15) is 4.98 Å². The minimum Gasteiger partial charge on any atom is -0.394 e. The lowest BCUT2D eigenvalue weighted by Crippen LogP contribution is -2.54. The van der Waals surface area contributed by atoms with Gasteiger partial charge in [0.15, 0.2) is 11.8 Å². The van der Waals surface area contributed by atoms with Crippen LogP contribution < -0.4 is 17.2 Å². The summed E-state index contributed by atoms with van der Waals surface area (Å²) in [5.74, 6) is 5.31. The molecular weight excluding hydrogens is 264 g/mol. The molecule has 0 spiro atoms. The zero-order valence-electron chi connectivity index (χ0n) is 10.9. The minimum atomic E-state index is -1.52. The van der Waals surface area contributed by atoms with Crippen molar-refractivity contribution < 1.29 is 14.9 Å². The largest absolute Gasteiger partial charge is 0.394 e. The molecule has 0 radical (unpaired) electrons. The molecule has 1 saturated heterocycles. The molecule has 0 aromatic carbocycles. The van der Waals surface area contributed by atoms with Crippen LogP contribution in [-0.2, 0) is 4.74 Å². The smallest absolute Gasteiger partial charge is 0.351 e. The Balaban J connectivity index is 2.52. The number of aromatic nitrogens is 2. The lowest BCUT2D eigenvalue weighted by atomic mass is 9.91. The standard InChI is InChI=1S/C12H16N4O4/c1-2-4-12(14)9(18)7(6-17)20-10(12)16-5-3-8(13)15-11(16)19/h3,5,7,9-10,17-18H,6,14H2,1H3,(H2,13,15,19)/t7?,9-,10?,12?/m0/s1. The Kier molecular flexibility index (Phi) is 3.78. The second kappa shape index (κ2) is 5.22. The van der Waals surface area contributed by atoms with Crippen molar-refractivity contribution in [2.24, 2.45) is 5.73 Å². The maximum Gasteiger partial charge on any atom is 0.351 e. The van der Waals surface area contributed by atoms with E-state index in [9.17, 15) is 15.0 Å². The van der Waals surface area contributed by atoms with Crippen LogP contribution >= 0.6 is 0 Å². The quantitative estimate of drug-likeness (QED) is 0.451. The summed E-state index contributed by atoms with van der Waals surface area (Å²) >= 11 is 0. The molecule has 4 atom stereocenters. The number of ether oxygens (including phenoxy) is 1. The predicted molar refractivity (Wildman–Crippen MR) is 70.3 cm³/mol. The summed E-state index contributed by atoms with van der Waals surface area (Å²) in [5.41, 5.74) is 9.31. The Bertz CT molecular complexity index is 620. The van der Waals surface area contributed by atoms with Gasteiger partial charge in [0.1, 0.15) is 18.0 Å². The van der Waals surface area contributed by atoms with E-state index in [1.807, 2.05) is 0 Å². The van der Waals surface area contributed by atoms with Crippen LogP contribution in [0.15, 0.2) is 17.1 Å². The molecule has 1 fully saturated rings. The molecule has 2 heterocycles. The van der Waals surface area contributed by atoms with E-state index in [-0.39, 0.29) is 5.82 Å². The molecule has 1 aliphatic rings. The van der Waals surface area contributed by atoms with Crippen molar-refractivity contribution in [1.29, 1.82) is 0 Å². The fourth-order valence-corrected chi connectivity index (χ4v) is 2.20. The second-order valence-corrected chi connectivity index (χ2v) is 4.50. The van der Waals surface area contributed by atoms with Gasteiger partial charge in [-0.1, -0.05) is 5.92 Å². The molecule has 2 rings (SSSR count). The molecular formula is C12H16N4O4. The Morgan fingerprint density at radius 3 is 2.90 bits per heavy atom. The fourth-order valence-electron chi connectivity index (χ4n) is 2.20. The molecule has 8 nitrogen and oxygen atoms in total. The first-order chi connectivity index (χ1) is 9.43. The van der Waals surface area contributed by atoms with Gasteiger partial charge in [0, 0.05) is 6.20 Å². The number of nitrogen functional groups attached to an aromatic ring is 1. The van der Waals surface area contributed by atoms with Gasteiger partial charge in [-0.3, -0.25) is 4.57 Å². The third-order valence-corrected chi connectivity index (χ3v) is 3.18. The van der Waals surface area contributed by atoms with Gasteiger partial charge in [0.05, 0.1) is 6.61 Å². The van der Waals surface area contributed by atoms with E-state index in [1.54, 1.807) is 6.92 Å². The van der Waals surface area contributed by atoms with Crippen LogP contribution in [0.4, 0.5) is 5.82 Å². The topological polar surface area (TPSA) is 137 Å². The normalized spacial score (nSPS) is 32.7. The maximum atomic E-state index is 11.9. The first-order valence-electron chi connectivity index (χ1n) is 5.96. The predicted octanol–water partition coefficient (Wildman–Crippen LogP) is -2.20. The second-order valence-electron chi connectivity index (χ2n) is 4.50. The van der Waals surface area contributed by atoms with E-state index in [0.717, 1.165) is 4.57 Å². The van der Waals surface area contributed by atoms with Crippen LogP contribution in [-0.4, -0.2) is 44.1 Å². The van der Waals surface area contributed by atoms with Gasteiger partial charge in [0.25, 0.3) is 0 Å². The zero-order valence-corrected chi connectivity index (χ0v) is 10.9. The van der Waals surface area contributed by atoms with E-state index in [2.05, 4.69) is 16.8 Å². The Hall–Kier alpha value is -1.92. The number of nitrogens with two attached hydrogens (primary N) is 2. The molecule has 1 aromatic rings. The van der Waals surface area contributed by atoms with Gasteiger partial charge < -0.3 is 26.4 Å². The molecule has 1 aliphatic heterocycles. The van der Waals surface area contributed by atoms with Crippen molar-refractivity contribution in [2.45, 2.75) is 30.9 Å². The molecule has 20 heavy (non-hydrogen) atoms. The van der Waals surface area contributed by atoms with E-state index in [0.29, 0.717) is 0 Å². The highest BCUT2D eigenvalue weighted by atomic mass is 16.5. The van der Waals surface area contributed by atoms with E-state index >= 15 is 0 Å². The lowest BCUT2D eigenvalue weighted by Gasteiger charge is -2.27. The fraction of sp³-hybridized carbons (Fsp3) is 0.500. The average Bonchev–Trinajstić information content (AvgIpc) is 2.63. The summed E-state index contributed by atoms with van der Waals surface area (Å²) in [4.78, 5) is 15.4. The molecule has 0 bridgehead atoms. The summed E-state index contributed by atoms with van der Waals surface area (Å²) in [5, 5.41) is 19.3. The molecule has 0 aliphatic carbocycles. The first kappa shape index (κ1) is 14.5. The summed E-state index contributed by atoms with van der Waals surface area (Å²) in [6, 6.07) is 1.41. The Morgan fingerprint density at radius 1 is 1.65 bits per heavy atom. The third-order valence-electron chi connectivity index (χ3n) is 3.18. The van der Waals surface area contributed by atoms with Crippen LogP contribution in [0.2, 0.25) is 0 Å². The Morgan fingerprint density at radius 2 is 2.35 bits per heavy atom. The van der Waals surface area contributed by atoms with Crippen molar-refractivity contribution in [1.82, 2.24) is 9.55 Å². The maximum absolute atomic E-state index is 11.9. The van der Waals surface area contributed by atoms with Crippen LogP contribution in [0, 0.1) is 11.8 Å². The highest BCUT2D eigenvalue weighted by Crippen LogP contribution is 2.35. The highest BCUT2D eigenvalue weighted by Gasteiger charge is 2.54. The molecule has 8 heteroatoms. The number of rotatable bonds is 2. The summed E-state index contributed by atoms with van der Waals surface area (Å²) in [6.45, 7) is 1.10. The van der Waals surface area contributed by atoms with Crippen molar-refractivity contribution in [3.8, 4) is 11.8 Å². The molecule has 3 unspecified atom stereocenters. The minimum absolute atomic E-state index is 0.0627. The van der Waals surface area contributed by atoms with Gasteiger partial charge >= 0.3 is 5.69 Å². The number of aliphatic hydroxyl groups excluding tert-OH is 2. The van der Waals surface area contributed by atoms with Crippen LogP contribution in [0.5, 0.6) is 0 Å². The number of anilines is 1. The van der Waals surface area contributed by atoms with E-state index < -0.39 is 36.3 Å². The van der Waals surface area contributed by atoms with Crippen LogP contribution in [0.3, 0.4) is 0 Å². The zero-order chi connectivity index (χ0) is 14.9. The Labute approximate surface area is 115 Å². The summed E-state index contributed by atoms with van der Waals surface area (Å²) in [6.07, 6.45) is -1.88. The van der Waals surface area contributed by atoms with Gasteiger partial charge in [-0.05, 0) is 13.0 Å². The first-order valence-corrected chi connectivity index (χ1v) is 5.96. The molecule has 6 N–H and O–H groups in total. The van der Waals surface area contributed by atoms with Gasteiger partial charge in [0.2, 0.25) is 0 Å². The lowest BCUT2D eigenvalue weighted by molar-refractivity contribution is -0.0476. The van der Waals surface area contributed by atoms with Crippen molar-refractivity contribution in [2.75, 3.05) is 12.3 Å². The van der Waals surface area contributed by atoms with Gasteiger partial charge in [-0.25, -0.2) is 4.79 Å². The molecule has 108 valence electrons. The van der Waals surface area contributed by atoms with Crippen molar-refractivity contribution in [3.05, 3.63) is 22.7 Å². The highest BCUT2D eigenvalue weighted by molar-refractivity contribution is 5.27. The number of aliphatic hydroxyl groups is 2. The van der Waals surface area contributed by atoms with Crippen LogP contribution in [0.1, 0.15) is 13.2 Å². The van der Waals surface area contributed by atoms with Crippen LogP contribution in [0.25, 0.3) is 0 Å². The third kappa shape index (κ3) is 2.17. The molecule has 1 aromatic heterocycles. The summed E-state index contributed by atoms with van der Waals surface area (Å²) in [7, 11) is 0. The number of nitrogens with zero attached hydrogens (tertiary/aromatic N) is 2. The van der Waals surface area contributed by atoms with Crippen molar-refractivity contribution >= 4 is 5.82 Å². The average molecular weight is 280 g/mol. The summed E-state index contributed by atoms with van der Waals surface area (Å²) < 4.78 is 6.55. The molecule has 0 amide bonds. The van der Waals surface area contributed by atoms with Gasteiger partial charge in [-0.15, -0.1) is 5.92 Å². The van der Waals surface area contributed by atoms with Crippen molar-refractivity contribution in [3.63, 3.8) is 0 Å². The van der Waals surface area contributed by atoms with E-state index in [1.165, 1.54) is 12.3 Å². The number of hydrogen-bond donors (Lipinski definition) is 4. The number of hydrogen-bond acceptors (Lipinski definition) is 7. The molecule has 0 saturated carbocycles.